The van der Waals surface area contributed by atoms with Gasteiger partial charge in [-0.05, 0) is 54.1 Å². The van der Waals surface area contributed by atoms with Gasteiger partial charge in [-0.15, -0.1) is 10.2 Å². The second-order valence-electron chi connectivity index (χ2n) is 7.99. The number of nitrogens with zero attached hydrogens (tertiary/aromatic N) is 4. The van der Waals surface area contributed by atoms with Gasteiger partial charge in [0.25, 0.3) is 0 Å². The number of aromatic nitrogens is 2. The first kappa shape index (κ1) is 21.2. The van der Waals surface area contributed by atoms with Crippen molar-refractivity contribution < 1.29 is 13.5 Å². The number of benzene rings is 3. The van der Waals surface area contributed by atoms with Crippen LogP contribution in [0.15, 0.2) is 83.3 Å². The number of rotatable bonds is 6. The quantitative estimate of drug-likeness (QED) is 0.426. The van der Waals surface area contributed by atoms with Gasteiger partial charge in [0.15, 0.2) is 0 Å². The first-order valence-electron chi connectivity index (χ1n) is 11.0. The Morgan fingerprint density at radius 2 is 1.55 bits per heavy atom. The lowest BCUT2D eigenvalue weighted by atomic mass is 10.0. The third-order valence-corrected chi connectivity index (χ3v) is 6.00. The van der Waals surface area contributed by atoms with Crippen LogP contribution in [0.2, 0.25) is 0 Å². The molecular formula is C26H25FN4O2. The summed E-state index contributed by atoms with van der Waals surface area (Å²) < 4.78 is 25.0. The second-order valence-corrected chi connectivity index (χ2v) is 7.99. The highest BCUT2D eigenvalue weighted by Gasteiger charge is 2.31. The minimum absolute atomic E-state index is 0.242. The maximum atomic E-state index is 13.6. The third kappa shape index (κ3) is 4.59. The van der Waals surface area contributed by atoms with E-state index in [0.717, 1.165) is 48.7 Å². The number of hydrogen-bond donors (Lipinski definition) is 0. The molecule has 1 atom stereocenters. The van der Waals surface area contributed by atoms with E-state index in [9.17, 15) is 4.39 Å². The van der Waals surface area contributed by atoms with Gasteiger partial charge in [0.2, 0.25) is 11.8 Å². The van der Waals surface area contributed by atoms with Gasteiger partial charge in [0.1, 0.15) is 17.6 Å². The lowest BCUT2D eigenvalue weighted by Gasteiger charge is -2.39. The van der Waals surface area contributed by atoms with Crippen LogP contribution in [0.1, 0.15) is 17.5 Å². The Bertz CT molecular complexity index is 1170. The molecule has 1 aliphatic rings. The molecule has 168 valence electrons. The second kappa shape index (κ2) is 9.42. The molecule has 1 saturated heterocycles. The van der Waals surface area contributed by atoms with Gasteiger partial charge in [-0.3, -0.25) is 4.90 Å². The standard InChI is InChI=1S/C26H25FN4O2/c1-32-23-13-11-22(12-14-23)30-15-17-31(18-16-30)24(19-7-9-21(27)10-8-19)26-29-28-25(33-26)20-5-3-2-4-6-20/h2-14,24H,15-18H2,1H3. The minimum Gasteiger partial charge on any atom is -0.497 e. The summed E-state index contributed by atoms with van der Waals surface area (Å²) in [5, 5.41) is 8.67. The number of hydrogen-bond acceptors (Lipinski definition) is 6. The Hall–Kier alpha value is -3.71. The predicted molar refractivity (Wildman–Crippen MR) is 125 cm³/mol. The Morgan fingerprint density at radius 1 is 0.848 bits per heavy atom. The molecule has 1 fully saturated rings. The van der Waals surface area contributed by atoms with Crippen LogP contribution in [0, 0.1) is 5.82 Å². The van der Waals surface area contributed by atoms with E-state index in [2.05, 4.69) is 32.1 Å². The molecular weight excluding hydrogens is 419 g/mol. The molecule has 6 nitrogen and oxygen atoms in total. The molecule has 0 aliphatic carbocycles. The van der Waals surface area contributed by atoms with Gasteiger partial charge in [-0.25, -0.2) is 4.39 Å². The van der Waals surface area contributed by atoms with Crippen LogP contribution >= 0.6 is 0 Å². The Balaban J connectivity index is 1.39. The highest BCUT2D eigenvalue weighted by Crippen LogP contribution is 2.32. The molecule has 0 radical (unpaired) electrons. The number of methoxy groups -OCH3 is 1. The van der Waals surface area contributed by atoms with Crippen molar-refractivity contribution >= 4 is 5.69 Å². The summed E-state index contributed by atoms with van der Waals surface area (Å²) >= 11 is 0. The van der Waals surface area contributed by atoms with Gasteiger partial charge in [-0.2, -0.15) is 0 Å². The molecule has 2 heterocycles. The van der Waals surface area contributed by atoms with Crippen molar-refractivity contribution in [2.45, 2.75) is 6.04 Å². The van der Waals surface area contributed by atoms with Crippen LogP contribution in [0.5, 0.6) is 5.75 Å². The number of halogens is 1. The molecule has 1 unspecified atom stereocenters. The maximum absolute atomic E-state index is 13.6. The summed E-state index contributed by atoms with van der Waals surface area (Å²) in [5.74, 6) is 1.57. The van der Waals surface area contributed by atoms with Crippen molar-refractivity contribution in [3.8, 4) is 17.2 Å². The van der Waals surface area contributed by atoms with Crippen LogP contribution in [-0.2, 0) is 0 Å². The average Bonchev–Trinajstić information content (AvgIpc) is 3.36. The zero-order chi connectivity index (χ0) is 22.6. The van der Waals surface area contributed by atoms with E-state index in [-0.39, 0.29) is 11.9 Å². The average molecular weight is 445 g/mol. The smallest absolute Gasteiger partial charge is 0.247 e. The molecule has 3 aromatic carbocycles. The Morgan fingerprint density at radius 3 is 2.21 bits per heavy atom. The fourth-order valence-electron chi connectivity index (χ4n) is 4.23. The highest BCUT2D eigenvalue weighted by molar-refractivity contribution is 5.52. The summed E-state index contributed by atoms with van der Waals surface area (Å²) in [6.45, 7) is 3.31. The topological polar surface area (TPSA) is 54.6 Å². The zero-order valence-electron chi connectivity index (χ0n) is 18.4. The first-order chi connectivity index (χ1) is 16.2. The van der Waals surface area contributed by atoms with E-state index in [1.807, 2.05) is 42.5 Å². The molecule has 7 heteroatoms. The van der Waals surface area contributed by atoms with Crippen molar-refractivity contribution in [2.75, 3.05) is 38.2 Å². The lowest BCUT2D eigenvalue weighted by molar-refractivity contribution is 0.188. The molecule has 0 amide bonds. The molecule has 33 heavy (non-hydrogen) atoms. The van der Waals surface area contributed by atoms with Gasteiger partial charge in [0.05, 0.1) is 7.11 Å². The zero-order valence-corrected chi connectivity index (χ0v) is 18.4. The SMILES string of the molecule is COc1ccc(N2CCN(C(c3ccc(F)cc3)c3nnc(-c4ccccc4)o3)CC2)cc1. The van der Waals surface area contributed by atoms with E-state index in [1.165, 1.54) is 12.1 Å². The molecule has 0 N–H and O–H groups in total. The Labute approximate surface area is 192 Å². The van der Waals surface area contributed by atoms with Crippen LogP contribution in [0.4, 0.5) is 10.1 Å². The Kier molecular flexibility index (Phi) is 6.04. The largest absolute Gasteiger partial charge is 0.497 e. The van der Waals surface area contributed by atoms with E-state index in [4.69, 9.17) is 9.15 Å². The van der Waals surface area contributed by atoms with Crippen LogP contribution in [0.3, 0.4) is 0 Å². The molecule has 0 bridgehead atoms. The minimum atomic E-state index is -0.266. The highest BCUT2D eigenvalue weighted by atomic mass is 19.1. The van der Waals surface area contributed by atoms with Crippen molar-refractivity contribution in [3.05, 3.63) is 96.1 Å². The molecule has 4 aromatic rings. The summed E-state index contributed by atoms with van der Waals surface area (Å²) in [6, 6.07) is 24.1. The van der Waals surface area contributed by atoms with Gasteiger partial charge in [0, 0.05) is 37.4 Å². The third-order valence-electron chi connectivity index (χ3n) is 6.00. The number of ether oxygens (including phenoxy) is 1. The van der Waals surface area contributed by atoms with Crippen molar-refractivity contribution in [2.24, 2.45) is 0 Å². The number of piperazine rings is 1. The fraction of sp³-hybridized carbons (Fsp3) is 0.231. The van der Waals surface area contributed by atoms with E-state index < -0.39 is 0 Å². The van der Waals surface area contributed by atoms with Crippen LogP contribution in [-0.4, -0.2) is 48.4 Å². The molecule has 1 aromatic heterocycles. The summed E-state index contributed by atoms with van der Waals surface area (Å²) in [6.07, 6.45) is 0. The van der Waals surface area contributed by atoms with Crippen LogP contribution in [0.25, 0.3) is 11.5 Å². The summed E-state index contributed by atoms with van der Waals surface area (Å²) in [5.41, 5.74) is 2.97. The van der Waals surface area contributed by atoms with Crippen molar-refractivity contribution in [1.29, 1.82) is 0 Å². The predicted octanol–water partition coefficient (Wildman–Crippen LogP) is 4.80. The molecule has 0 saturated carbocycles. The van der Waals surface area contributed by atoms with Crippen molar-refractivity contribution in [1.82, 2.24) is 15.1 Å². The monoisotopic (exact) mass is 444 g/mol. The molecule has 1 aliphatic heterocycles. The maximum Gasteiger partial charge on any atom is 0.247 e. The van der Waals surface area contributed by atoms with E-state index in [0.29, 0.717) is 11.8 Å². The first-order valence-corrected chi connectivity index (χ1v) is 11.0. The normalized spacial score (nSPS) is 15.4. The van der Waals surface area contributed by atoms with Crippen LogP contribution < -0.4 is 9.64 Å². The molecule has 5 rings (SSSR count). The van der Waals surface area contributed by atoms with Gasteiger partial charge < -0.3 is 14.1 Å². The molecule has 0 spiro atoms. The van der Waals surface area contributed by atoms with Crippen molar-refractivity contribution in [3.63, 3.8) is 0 Å². The number of anilines is 1. The fourth-order valence-corrected chi connectivity index (χ4v) is 4.23. The van der Waals surface area contributed by atoms with E-state index >= 15 is 0 Å². The summed E-state index contributed by atoms with van der Waals surface area (Å²) in [7, 11) is 1.67. The van der Waals surface area contributed by atoms with E-state index in [1.54, 1.807) is 19.2 Å². The van der Waals surface area contributed by atoms with Gasteiger partial charge >= 0.3 is 0 Å². The van der Waals surface area contributed by atoms with Gasteiger partial charge in [-0.1, -0.05) is 30.3 Å². The lowest BCUT2D eigenvalue weighted by Crippen LogP contribution is -2.48. The summed E-state index contributed by atoms with van der Waals surface area (Å²) in [4.78, 5) is 4.66.